The maximum atomic E-state index is 13.0. The fraction of sp³-hybridized carbons (Fsp3) is 0.273. The molecule has 1 saturated heterocycles. The van der Waals surface area contributed by atoms with Crippen molar-refractivity contribution in [1.29, 1.82) is 0 Å². The summed E-state index contributed by atoms with van der Waals surface area (Å²) in [5.41, 5.74) is 0.880. The molecule has 0 spiro atoms. The SMILES string of the molecule is COc1ccc(N2C(=O)CN(C(=O)c3cc4ccccc4o3)CC2(C)C)cc1. The molecule has 144 valence electrons. The third-order valence-corrected chi connectivity index (χ3v) is 5.01. The second-order valence-corrected chi connectivity index (χ2v) is 7.55. The number of furan rings is 1. The Morgan fingerprint density at radius 1 is 1.11 bits per heavy atom. The second-order valence-electron chi connectivity index (χ2n) is 7.55. The van der Waals surface area contributed by atoms with E-state index in [9.17, 15) is 9.59 Å². The highest BCUT2D eigenvalue weighted by Crippen LogP contribution is 2.31. The number of hydrogen-bond donors (Lipinski definition) is 0. The Bertz CT molecular complexity index is 1000. The molecule has 3 aromatic rings. The van der Waals surface area contributed by atoms with Gasteiger partial charge < -0.3 is 19.0 Å². The molecule has 0 aliphatic carbocycles. The average Bonchev–Trinajstić information content (AvgIpc) is 3.11. The highest BCUT2D eigenvalue weighted by molar-refractivity contribution is 6.03. The van der Waals surface area contributed by atoms with E-state index >= 15 is 0 Å². The van der Waals surface area contributed by atoms with Crippen LogP contribution in [0.25, 0.3) is 11.0 Å². The highest BCUT2D eigenvalue weighted by Gasteiger charge is 2.41. The number of rotatable bonds is 3. The number of methoxy groups -OCH3 is 1. The zero-order valence-electron chi connectivity index (χ0n) is 16.1. The van der Waals surface area contributed by atoms with E-state index in [0.717, 1.165) is 16.8 Å². The molecule has 0 saturated carbocycles. The van der Waals surface area contributed by atoms with Crippen molar-refractivity contribution in [3.63, 3.8) is 0 Å². The van der Waals surface area contributed by atoms with Gasteiger partial charge in [-0.2, -0.15) is 0 Å². The Morgan fingerprint density at radius 2 is 1.82 bits per heavy atom. The largest absolute Gasteiger partial charge is 0.497 e. The molecule has 6 nitrogen and oxygen atoms in total. The second kappa shape index (κ2) is 6.71. The first kappa shape index (κ1) is 18.1. The van der Waals surface area contributed by atoms with Crippen LogP contribution in [0.4, 0.5) is 5.69 Å². The minimum atomic E-state index is -0.564. The molecule has 2 heterocycles. The molecule has 1 aliphatic heterocycles. The number of hydrogen-bond acceptors (Lipinski definition) is 4. The van der Waals surface area contributed by atoms with Gasteiger partial charge in [-0.25, -0.2) is 0 Å². The summed E-state index contributed by atoms with van der Waals surface area (Å²) in [5, 5.41) is 0.869. The number of benzene rings is 2. The number of fused-ring (bicyclic) bond motifs is 1. The fourth-order valence-electron chi connectivity index (χ4n) is 3.78. The van der Waals surface area contributed by atoms with Crippen LogP contribution < -0.4 is 9.64 Å². The topological polar surface area (TPSA) is 63.0 Å². The lowest BCUT2D eigenvalue weighted by Gasteiger charge is -2.46. The van der Waals surface area contributed by atoms with E-state index in [2.05, 4.69) is 0 Å². The molecule has 1 fully saturated rings. The van der Waals surface area contributed by atoms with Gasteiger partial charge in [0.2, 0.25) is 5.91 Å². The van der Waals surface area contributed by atoms with Gasteiger partial charge in [0.05, 0.1) is 12.6 Å². The van der Waals surface area contributed by atoms with E-state index in [1.54, 1.807) is 23.0 Å². The summed E-state index contributed by atoms with van der Waals surface area (Å²) in [5.74, 6) is 0.577. The van der Waals surface area contributed by atoms with Crippen molar-refractivity contribution in [1.82, 2.24) is 4.90 Å². The van der Waals surface area contributed by atoms with Crippen LogP contribution in [0.15, 0.2) is 59.0 Å². The van der Waals surface area contributed by atoms with Crippen LogP contribution in [0.1, 0.15) is 24.4 Å². The molecule has 1 aliphatic rings. The summed E-state index contributed by atoms with van der Waals surface area (Å²) in [6.07, 6.45) is 0. The maximum Gasteiger partial charge on any atom is 0.290 e. The number of ether oxygens (including phenoxy) is 1. The summed E-state index contributed by atoms with van der Waals surface area (Å²) >= 11 is 0. The minimum Gasteiger partial charge on any atom is -0.497 e. The predicted molar refractivity (Wildman–Crippen MR) is 107 cm³/mol. The predicted octanol–water partition coefficient (Wildman–Crippen LogP) is 3.71. The number of anilines is 1. The average molecular weight is 378 g/mol. The van der Waals surface area contributed by atoms with E-state index in [1.165, 1.54) is 0 Å². The number of para-hydroxylation sites is 1. The normalized spacial score (nSPS) is 16.5. The molecule has 1 aromatic heterocycles. The summed E-state index contributed by atoms with van der Waals surface area (Å²) < 4.78 is 10.9. The standard InChI is InChI=1S/C22H22N2O4/c1-22(2)14-23(21(26)19-12-15-6-4-5-7-18(15)28-19)13-20(25)24(22)16-8-10-17(27-3)11-9-16/h4-12H,13-14H2,1-3H3. The smallest absolute Gasteiger partial charge is 0.290 e. The molecule has 0 radical (unpaired) electrons. The van der Waals surface area contributed by atoms with Crippen molar-refractivity contribution in [2.75, 3.05) is 25.1 Å². The van der Waals surface area contributed by atoms with Crippen molar-refractivity contribution in [3.8, 4) is 5.75 Å². The molecule has 0 bridgehead atoms. The van der Waals surface area contributed by atoms with Gasteiger partial charge in [-0.1, -0.05) is 18.2 Å². The number of piperazine rings is 1. The van der Waals surface area contributed by atoms with Crippen LogP contribution in [0, 0.1) is 0 Å². The van der Waals surface area contributed by atoms with E-state index < -0.39 is 5.54 Å². The molecule has 4 rings (SSSR count). The molecule has 0 atom stereocenters. The molecular weight excluding hydrogens is 356 g/mol. The Labute approximate surface area is 163 Å². The van der Waals surface area contributed by atoms with Gasteiger partial charge in [0.1, 0.15) is 17.9 Å². The first-order chi connectivity index (χ1) is 13.4. The third-order valence-electron chi connectivity index (χ3n) is 5.01. The zero-order chi connectivity index (χ0) is 19.9. The van der Waals surface area contributed by atoms with Gasteiger partial charge in [-0.05, 0) is 50.2 Å². The summed E-state index contributed by atoms with van der Waals surface area (Å²) in [6, 6.07) is 16.6. The van der Waals surface area contributed by atoms with E-state index in [1.807, 2.05) is 62.4 Å². The van der Waals surface area contributed by atoms with Crippen LogP contribution in [-0.4, -0.2) is 42.5 Å². The van der Waals surface area contributed by atoms with Crippen molar-refractivity contribution in [3.05, 3.63) is 60.4 Å². The van der Waals surface area contributed by atoms with Gasteiger partial charge in [0.25, 0.3) is 5.91 Å². The number of carbonyl (C=O) groups excluding carboxylic acids is 2. The first-order valence-electron chi connectivity index (χ1n) is 9.14. The summed E-state index contributed by atoms with van der Waals surface area (Å²) in [7, 11) is 1.60. The van der Waals surface area contributed by atoms with Gasteiger partial charge in [-0.3, -0.25) is 9.59 Å². The van der Waals surface area contributed by atoms with Gasteiger partial charge in [-0.15, -0.1) is 0 Å². The molecule has 2 aromatic carbocycles. The van der Waals surface area contributed by atoms with Gasteiger partial charge in [0, 0.05) is 17.6 Å². The molecular formula is C22H22N2O4. The number of nitrogens with zero attached hydrogens (tertiary/aromatic N) is 2. The summed E-state index contributed by atoms with van der Waals surface area (Å²) in [4.78, 5) is 29.2. The van der Waals surface area contributed by atoms with Crippen LogP contribution >= 0.6 is 0 Å². The van der Waals surface area contributed by atoms with E-state index in [0.29, 0.717) is 12.1 Å². The van der Waals surface area contributed by atoms with Gasteiger partial charge in [0.15, 0.2) is 5.76 Å². The van der Waals surface area contributed by atoms with Crippen LogP contribution in [0.5, 0.6) is 5.75 Å². The lowest BCUT2D eigenvalue weighted by atomic mass is 9.97. The Kier molecular flexibility index (Phi) is 4.34. The minimum absolute atomic E-state index is 0.00530. The Hall–Kier alpha value is -3.28. The maximum absolute atomic E-state index is 13.0. The van der Waals surface area contributed by atoms with Crippen LogP contribution in [0.3, 0.4) is 0 Å². The Balaban J connectivity index is 1.59. The number of amides is 2. The first-order valence-corrected chi connectivity index (χ1v) is 9.14. The van der Waals surface area contributed by atoms with Gasteiger partial charge >= 0.3 is 0 Å². The molecule has 0 unspecified atom stereocenters. The lowest BCUT2D eigenvalue weighted by Crippen LogP contribution is -2.63. The van der Waals surface area contributed by atoms with Crippen LogP contribution in [0.2, 0.25) is 0 Å². The molecule has 28 heavy (non-hydrogen) atoms. The van der Waals surface area contributed by atoms with Crippen molar-refractivity contribution in [2.24, 2.45) is 0 Å². The van der Waals surface area contributed by atoms with Crippen molar-refractivity contribution < 1.29 is 18.7 Å². The molecule has 2 amide bonds. The molecule has 6 heteroatoms. The Morgan fingerprint density at radius 3 is 2.46 bits per heavy atom. The number of carbonyl (C=O) groups is 2. The van der Waals surface area contributed by atoms with Crippen LogP contribution in [-0.2, 0) is 4.79 Å². The monoisotopic (exact) mass is 378 g/mol. The zero-order valence-corrected chi connectivity index (χ0v) is 16.1. The quantitative estimate of drug-likeness (QED) is 0.697. The third kappa shape index (κ3) is 3.11. The van der Waals surface area contributed by atoms with Crippen molar-refractivity contribution in [2.45, 2.75) is 19.4 Å². The summed E-state index contributed by atoms with van der Waals surface area (Å²) in [6.45, 7) is 4.31. The lowest BCUT2D eigenvalue weighted by molar-refractivity contribution is -0.122. The van der Waals surface area contributed by atoms with Crippen molar-refractivity contribution >= 4 is 28.5 Å². The molecule has 0 N–H and O–H groups in total. The van der Waals surface area contributed by atoms with E-state index in [-0.39, 0.29) is 24.1 Å². The fourth-order valence-corrected chi connectivity index (χ4v) is 3.78. The van der Waals surface area contributed by atoms with E-state index in [4.69, 9.17) is 9.15 Å². The highest BCUT2D eigenvalue weighted by atomic mass is 16.5.